The fraction of sp³-hybridized carbons (Fsp3) is 0.238. The molecule has 164 valence electrons. The highest BCUT2D eigenvalue weighted by atomic mass is 79.9. The minimum absolute atomic E-state index is 0.263. The molecule has 2 aromatic carbocycles. The number of amides is 1. The van der Waals surface area contributed by atoms with E-state index in [1.807, 2.05) is 6.92 Å². The normalized spacial score (nSPS) is 17.6. The van der Waals surface area contributed by atoms with Gasteiger partial charge in [0.15, 0.2) is 11.5 Å². The first-order valence-electron chi connectivity index (χ1n) is 9.18. The molecule has 1 aliphatic heterocycles. The number of carbonyl (C=O) groups excluding carboxylic acids is 1. The summed E-state index contributed by atoms with van der Waals surface area (Å²) in [4.78, 5) is 16.2. The van der Waals surface area contributed by atoms with Crippen molar-refractivity contribution in [1.82, 2.24) is 5.32 Å². The van der Waals surface area contributed by atoms with E-state index >= 15 is 0 Å². The highest BCUT2D eigenvalue weighted by molar-refractivity contribution is 9.12. The smallest absolute Gasteiger partial charge is 0.252 e. The van der Waals surface area contributed by atoms with E-state index in [0.717, 1.165) is 0 Å². The van der Waals surface area contributed by atoms with Crippen molar-refractivity contribution in [1.29, 1.82) is 0 Å². The van der Waals surface area contributed by atoms with E-state index in [2.05, 4.69) is 31.6 Å². The van der Waals surface area contributed by atoms with Crippen LogP contribution in [0.4, 0.5) is 5.69 Å². The number of anilines is 1. The van der Waals surface area contributed by atoms with Gasteiger partial charge in [-0.1, -0.05) is 12.1 Å². The maximum atomic E-state index is 11.7. The maximum absolute atomic E-state index is 11.7. The Bertz CT molecular complexity index is 1030. The molecular weight excluding hydrogens is 468 g/mol. The van der Waals surface area contributed by atoms with Crippen LogP contribution in [0.15, 0.2) is 51.8 Å². The lowest BCUT2D eigenvalue weighted by Crippen LogP contribution is -2.50. The number of carbonyl (C=O) groups is 1. The van der Waals surface area contributed by atoms with Crippen molar-refractivity contribution in [3.05, 3.63) is 52.3 Å². The highest BCUT2D eigenvalue weighted by Crippen LogP contribution is 2.40. The molecule has 1 aliphatic rings. The number of aliphatic imine (C=N–C) groups is 1. The molecule has 0 bridgehead atoms. The van der Waals surface area contributed by atoms with Crippen LogP contribution in [-0.4, -0.2) is 39.2 Å². The molecule has 0 saturated carbocycles. The summed E-state index contributed by atoms with van der Waals surface area (Å²) >= 11 is 3.42. The second-order valence-corrected chi connectivity index (χ2v) is 7.49. The molecule has 0 saturated heterocycles. The third kappa shape index (κ3) is 4.85. The predicted octanol–water partition coefficient (Wildman–Crippen LogP) is 3.21. The Kier molecular flexibility index (Phi) is 6.59. The second-order valence-electron chi connectivity index (χ2n) is 6.63. The number of nitrogens with zero attached hydrogens (tertiary/aromatic N) is 1. The molecule has 0 radical (unpaired) electrons. The summed E-state index contributed by atoms with van der Waals surface area (Å²) in [6, 6.07) is 10.2. The van der Waals surface area contributed by atoms with Crippen LogP contribution in [0.1, 0.15) is 17.3 Å². The number of allylic oxidation sites excluding steroid dienone is 1. The summed E-state index contributed by atoms with van der Waals surface area (Å²) in [6.45, 7) is 1.81. The van der Waals surface area contributed by atoms with Crippen molar-refractivity contribution in [2.45, 2.75) is 12.7 Å². The Morgan fingerprint density at radius 3 is 2.32 bits per heavy atom. The summed E-state index contributed by atoms with van der Waals surface area (Å²) in [5.41, 5.74) is 6.37. The van der Waals surface area contributed by atoms with Gasteiger partial charge in [-0.15, -0.1) is 0 Å². The molecule has 1 amide bonds. The topological polar surface area (TPSA) is 116 Å². The average molecular weight is 491 g/mol. The number of nitrogens with two attached hydrogens (primary N) is 1. The van der Waals surface area contributed by atoms with Gasteiger partial charge < -0.3 is 35.3 Å². The number of ether oxygens (including phenoxy) is 4. The Balaban J connectivity index is 1.87. The number of methoxy groups -OCH3 is 3. The van der Waals surface area contributed by atoms with Crippen molar-refractivity contribution in [2.24, 2.45) is 10.7 Å². The number of para-hydroxylation sites is 1. The van der Waals surface area contributed by atoms with Gasteiger partial charge >= 0.3 is 0 Å². The Labute approximate surface area is 188 Å². The van der Waals surface area contributed by atoms with E-state index in [9.17, 15) is 4.79 Å². The van der Waals surface area contributed by atoms with Gasteiger partial charge in [-0.3, -0.25) is 4.79 Å². The van der Waals surface area contributed by atoms with E-state index in [4.69, 9.17) is 24.7 Å². The molecule has 10 heteroatoms. The lowest BCUT2D eigenvalue weighted by molar-refractivity contribution is 0.0997. The second kappa shape index (κ2) is 9.17. The van der Waals surface area contributed by atoms with E-state index in [-0.39, 0.29) is 5.56 Å². The van der Waals surface area contributed by atoms with Crippen LogP contribution in [0.3, 0.4) is 0 Å². The van der Waals surface area contributed by atoms with Gasteiger partial charge in [0.05, 0.1) is 31.4 Å². The molecule has 31 heavy (non-hydrogen) atoms. The van der Waals surface area contributed by atoms with Gasteiger partial charge in [0.1, 0.15) is 5.75 Å². The third-order valence-electron chi connectivity index (χ3n) is 4.43. The van der Waals surface area contributed by atoms with Gasteiger partial charge in [0.2, 0.25) is 17.4 Å². The van der Waals surface area contributed by atoms with E-state index in [1.165, 1.54) is 7.11 Å². The Morgan fingerprint density at radius 1 is 1.10 bits per heavy atom. The molecule has 4 N–H and O–H groups in total. The largest absolute Gasteiger partial charge is 0.493 e. The summed E-state index contributed by atoms with van der Waals surface area (Å²) in [5, 5.41) is 6.46. The van der Waals surface area contributed by atoms with Crippen LogP contribution in [0.2, 0.25) is 0 Å². The fourth-order valence-corrected chi connectivity index (χ4v) is 3.28. The number of hydrogen-bond donors (Lipinski definition) is 3. The summed E-state index contributed by atoms with van der Waals surface area (Å²) in [7, 11) is 4.63. The summed E-state index contributed by atoms with van der Waals surface area (Å²) in [6.07, 6.45) is 1.60. The molecule has 0 aliphatic carbocycles. The van der Waals surface area contributed by atoms with Crippen LogP contribution in [0.25, 0.3) is 0 Å². The van der Waals surface area contributed by atoms with Crippen molar-refractivity contribution < 1.29 is 23.7 Å². The molecule has 3 rings (SSSR count). The quantitative estimate of drug-likeness (QED) is 0.519. The molecule has 1 unspecified atom stereocenters. The molecule has 0 fully saturated rings. The Morgan fingerprint density at radius 2 is 1.74 bits per heavy atom. The third-order valence-corrected chi connectivity index (χ3v) is 4.99. The van der Waals surface area contributed by atoms with E-state index in [0.29, 0.717) is 39.1 Å². The monoisotopic (exact) mass is 490 g/mol. The van der Waals surface area contributed by atoms with Gasteiger partial charge in [-0.05, 0) is 35.0 Å². The number of benzene rings is 2. The molecule has 2 aromatic rings. The van der Waals surface area contributed by atoms with Crippen LogP contribution in [0, 0.1) is 0 Å². The minimum atomic E-state index is -0.987. The van der Waals surface area contributed by atoms with Crippen LogP contribution in [-0.2, 0) is 0 Å². The van der Waals surface area contributed by atoms with Gasteiger partial charge in [-0.25, -0.2) is 4.99 Å². The zero-order valence-corrected chi connectivity index (χ0v) is 19.1. The lowest BCUT2D eigenvalue weighted by atomic mass is 10.2. The van der Waals surface area contributed by atoms with Crippen molar-refractivity contribution in [2.75, 3.05) is 26.6 Å². The van der Waals surface area contributed by atoms with E-state index in [1.54, 1.807) is 56.8 Å². The number of nitrogens with one attached hydrogen (secondary N) is 2. The van der Waals surface area contributed by atoms with Crippen molar-refractivity contribution in [3.63, 3.8) is 0 Å². The van der Waals surface area contributed by atoms with E-state index < -0.39 is 11.7 Å². The van der Waals surface area contributed by atoms with Gasteiger partial charge in [0.25, 0.3) is 5.91 Å². The maximum Gasteiger partial charge on any atom is 0.252 e. The van der Waals surface area contributed by atoms with Crippen molar-refractivity contribution >= 4 is 33.7 Å². The molecule has 0 spiro atoms. The van der Waals surface area contributed by atoms with Crippen molar-refractivity contribution in [3.8, 4) is 23.0 Å². The molecule has 1 atom stereocenters. The predicted molar refractivity (Wildman–Crippen MR) is 121 cm³/mol. The fourth-order valence-electron chi connectivity index (χ4n) is 3.00. The van der Waals surface area contributed by atoms with Crippen LogP contribution < -0.4 is 35.3 Å². The summed E-state index contributed by atoms with van der Waals surface area (Å²) < 4.78 is 22.7. The number of hydrogen-bond acceptors (Lipinski definition) is 8. The Hall–Kier alpha value is -3.40. The molecule has 1 heterocycles. The van der Waals surface area contributed by atoms with Gasteiger partial charge in [-0.2, -0.15) is 0 Å². The average Bonchev–Trinajstić information content (AvgIpc) is 2.75. The first-order valence-corrected chi connectivity index (χ1v) is 9.97. The number of rotatable bonds is 8. The number of primary amides is 1. The minimum Gasteiger partial charge on any atom is -0.493 e. The van der Waals surface area contributed by atoms with Gasteiger partial charge in [0, 0.05) is 24.0 Å². The zero-order chi connectivity index (χ0) is 22.6. The highest BCUT2D eigenvalue weighted by Gasteiger charge is 2.30. The molecule has 0 aromatic heterocycles. The van der Waals surface area contributed by atoms with Crippen LogP contribution >= 0.6 is 15.9 Å². The lowest BCUT2D eigenvalue weighted by Gasteiger charge is -2.33. The zero-order valence-electron chi connectivity index (χ0n) is 17.5. The van der Waals surface area contributed by atoms with Crippen LogP contribution in [0.5, 0.6) is 23.0 Å². The standard InChI is InChI=1S/C21H23BrN4O5/c1-21(25-12-9-16(28-2)18(30-4)17(10-12)29-3)24-11-14(22)20(26-21)31-15-8-6-5-7-13(15)19(23)27/h5-11,25-26H,1-4H3,(H2,23,27). The first kappa shape index (κ1) is 22.3. The summed E-state index contributed by atoms with van der Waals surface area (Å²) in [5.74, 6) is 0.572. The number of halogens is 1. The SMILES string of the molecule is COc1cc(NC2(C)N=CC(Br)=C(Oc3ccccc3C(N)=O)N2)cc(OC)c1OC. The molecule has 9 nitrogen and oxygen atoms in total. The first-order chi connectivity index (χ1) is 14.8. The molecular formula is C21H23BrN4O5.